The molecule has 2 N–H and O–H groups in total. The molecule has 1 heterocycles. The second-order valence-corrected chi connectivity index (χ2v) is 5.78. The molecule has 0 atom stereocenters. The highest BCUT2D eigenvalue weighted by Gasteiger charge is 2.19. The highest BCUT2D eigenvalue weighted by molar-refractivity contribution is 9.10. The fourth-order valence-electron chi connectivity index (χ4n) is 2.36. The van der Waals surface area contributed by atoms with Crippen LogP contribution in [-0.4, -0.2) is 43.5 Å². The molecule has 19 heavy (non-hydrogen) atoms. The number of nitrogens with zero attached hydrogens (tertiary/aromatic N) is 1. The van der Waals surface area contributed by atoms with Gasteiger partial charge in [0.2, 0.25) is 5.91 Å². The van der Waals surface area contributed by atoms with Crippen LogP contribution in [0.3, 0.4) is 0 Å². The summed E-state index contributed by atoms with van der Waals surface area (Å²) in [6, 6.07) is 8.17. The third kappa shape index (κ3) is 4.30. The zero-order chi connectivity index (χ0) is 13.7. The van der Waals surface area contributed by atoms with Crippen LogP contribution in [0.2, 0.25) is 0 Å². The number of likely N-dealkylation sites (N-methyl/N-ethyl adjacent to an activating group) is 1. The van der Waals surface area contributed by atoms with Gasteiger partial charge in [-0.2, -0.15) is 0 Å². The number of hydrogen-bond donors (Lipinski definition) is 2. The predicted octanol–water partition coefficient (Wildman–Crippen LogP) is 2.07. The van der Waals surface area contributed by atoms with Crippen LogP contribution >= 0.6 is 15.9 Å². The van der Waals surface area contributed by atoms with Crippen LogP contribution < -0.4 is 10.6 Å². The van der Waals surface area contributed by atoms with Gasteiger partial charge < -0.3 is 10.6 Å². The Morgan fingerprint density at radius 2 is 2.11 bits per heavy atom. The third-order valence-electron chi connectivity index (χ3n) is 3.47. The van der Waals surface area contributed by atoms with Crippen molar-refractivity contribution in [3.05, 3.63) is 28.7 Å². The number of piperidine rings is 1. The fourth-order valence-corrected chi connectivity index (χ4v) is 2.74. The molecule has 0 spiro atoms. The molecular formula is C14H20BrN3O. The Labute approximate surface area is 122 Å². The maximum Gasteiger partial charge on any atom is 0.238 e. The van der Waals surface area contributed by atoms with E-state index >= 15 is 0 Å². The summed E-state index contributed by atoms with van der Waals surface area (Å²) in [5.41, 5.74) is 0.825. The second kappa shape index (κ2) is 7.03. The van der Waals surface area contributed by atoms with Gasteiger partial charge in [0.05, 0.1) is 12.2 Å². The van der Waals surface area contributed by atoms with Gasteiger partial charge in [-0.3, -0.25) is 9.69 Å². The summed E-state index contributed by atoms with van der Waals surface area (Å²) in [6.07, 6.45) is 2.22. The summed E-state index contributed by atoms with van der Waals surface area (Å²) >= 11 is 3.43. The summed E-state index contributed by atoms with van der Waals surface area (Å²) in [6.45, 7) is 2.52. The van der Waals surface area contributed by atoms with E-state index in [1.54, 1.807) is 0 Å². The van der Waals surface area contributed by atoms with E-state index in [-0.39, 0.29) is 5.91 Å². The lowest BCUT2D eigenvalue weighted by Crippen LogP contribution is -2.44. The number of hydrogen-bond acceptors (Lipinski definition) is 3. The van der Waals surface area contributed by atoms with Crippen molar-refractivity contribution < 1.29 is 4.79 Å². The zero-order valence-electron chi connectivity index (χ0n) is 11.2. The summed E-state index contributed by atoms with van der Waals surface area (Å²) in [4.78, 5) is 14.2. The highest BCUT2D eigenvalue weighted by Crippen LogP contribution is 2.21. The Bertz CT molecular complexity index is 432. The standard InChI is InChI=1S/C14H20BrN3O/c1-18(11-6-8-16-9-7-11)10-14(19)17-13-5-3-2-4-12(13)15/h2-5,11,16H,6-10H2,1H3,(H,17,19). The summed E-state index contributed by atoms with van der Waals surface area (Å²) in [5.74, 6) is 0.0351. The number of para-hydroxylation sites is 1. The van der Waals surface area contributed by atoms with E-state index in [1.807, 2.05) is 31.3 Å². The Balaban J connectivity index is 1.85. The van der Waals surface area contributed by atoms with Crippen LogP contribution in [-0.2, 0) is 4.79 Å². The summed E-state index contributed by atoms with van der Waals surface area (Å²) in [5, 5.41) is 6.27. The normalized spacial score (nSPS) is 16.6. The van der Waals surface area contributed by atoms with Gasteiger partial charge in [0.15, 0.2) is 0 Å². The van der Waals surface area contributed by atoms with Gasteiger partial charge in [-0.25, -0.2) is 0 Å². The van der Waals surface area contributed by atoms with Gasteiger partial charge in [0.1, 0.15) is 0 Å². The molecule has 1 aliphatic rings. The minimum atomic E-state index is 0.0351. The maximum absolute atomic E-state index is 12.0. The van der Waals surface area contributed by atoms with E-state index in [9.17, 15) is 4.79 Å². The quantitative estimate of drug-likeness (QED) is 0.890. The molecule has 0 aromatic heterocycles. The molecule has 1 aromatic rings. The number of anilines is 1. The van der Waals surface area contributed by atoms with Gasteiger partial charge in [0, 0.05) is 10.5 Å². The Hall–Kier alpha value is -0.910. The van der Waals surface area contributed by atoms with Crippen molar-refractivity contribution in [3.8, 4) is 0 Å². The van der Waals surface area contributed by atoms with Crippen molar-refractivity contribution in [2.24, 2.45) is 0 Å². The van der Waals surface area contributed by atoms with Crippen LogP contribution in [0, 0.1) is 0 Å². The lowest BCUT2D eigenvalue weighted by molar-refractivity contribution is -0.117. The van der Waals surface area contributed by atoms with Crippen LogP contribution in [0.4, 0.5) is 5.69 Å². The van der Waals surface area contributed by atoms with Crippen molar-refractivity contribution >= 4 is 27.5 Å². The van der Waals surface area contributed by atoms with E-state index in [4.69, 9.17) is 0 Å². The SMILES string of the molecule is CN(CC(=O)Nc1ccccc1Br)C1CCNCC1. The van der Waals surface area contributed by atoms with E-state index < -0.39 is 0 Å². The first-order valence-electron chi connectivity index (χ1n) is 6.62. The smallest absolute Gasteiger partial charge is 0.238 e. The van der Waals surface area contributed by atoms with Gasteiger partial charge >= 0.3 is 0 Å². The minimum Gasteiger partial charge on any atom is -0.324 e. The molecule has 0 saturated carbocycles. The molecule has 1 saturated heterocycles. The first kappa shape index (κ1) is 14.5. The molecule has 2 rings (SSSR count). The molecule has 1 fully saturated rings. The van der Waals surface area contributed by atoms with Crippen molar-refractivity contribution in [1.29, 1.82) is 0 Å². The average Bonchev–Trinajstić information content (AvgIpc) is 2.42. The molecule has 1 amide bonds. The van der Waals surface area contributed by atoms with Gasteiger partial charge in [-0.1, -0.05) is 12.1 Å². The third-order valence-corrected chi connectivity index (χ3v) is 4.16. The monoisotopic (exact) mass is 325 g/mol. The zero-order valence-corrected chi connectivity index (χ0v) is 12.7. The second-order valence-electron chi connectivity index (χ2n) is 4.92. The molecule has 104 valence electrons. The predicted molar refractivity (Wildman–Crippen MR) is 81.3 cm³/mol. The number of halogens is 1. The highest BCUT2D eigenvalue weighted by atomic mass is 79.9. The van der Waals surface area contributed by atoms with Gasteiger partial charge in [-0.15, -0.1) is 0 Å². The Morgan fingerprint density at radius 1 is 1.42 bits per heavy atom. The first-order valence-corrected chi connectivity index (χ1v) is 7.41. The largest absolute Gasteiger partial charge is 0.324 e. The Morgan fingerprint density at radius 3 is 2.79 bits per heavy atom. The van der Waals surface area contributed by atoms with E-state index in [2.05, 4.69) is 31.5 Å². The number of amides is 1. The Kier molecular flexibility index (Phi) is 5.36. The summed E-state index contributed by atoms with van der Waals surface area (Å²) in [7, 11) is 2.02. The summed E-state index contributed by atoms with van der Waals surface area (Å²) < 4.78 is 0.910. The maximum atomic E-state index is 12.0. The van der Waals surface area contributed by atoms with Crippen LogP contribution in [0.5, 0.6) is 0 Å². The average molecular weight is 326 g/mol. The van der Waals surface area contributed by atoms with Crippen molar-refractivity contribution in [2.45, 2.75) is 18.9 Å². The lowest BCUT2D eigenvalue weighted by atomic mass is 10.1. The van der Waals surface area contributed by atoms with Crippen LogP contribution in [0.25, 0.3) is 0 Å². The number of benzene rings is 1. The van der Waals surface area contributed by atoms with Gasteiger partial charge in [0.25, 0.3) is 0 Å². The number of carbonyl (C=O) groups is 1. The number of rotatable bonds is 4. The molecule has 0 bridgehead atoms. The van der Waals surface area contributed by atoms with Gasteiger partial charge in [-0.05, 0) is 61.0 Å². The molecule has 4 nitrogen and oxygen atoms in total. The fraction of sp³-hybridized carbons (Fsp3) is 0.500. The van der Waals surface area contributed by atoms with Crippen molar-refractivity contribution in [1.82, 2.24) is 10.2 Å². The van der Waals surface area contributed by atoms with Crippen molar-refractivity contribution in [2.75, 3.05) is 32.0 Å². The van der Waals surface area contributed by atoms with E-state index in [0.29, 0.717) is 12.6 Å². The minimum absolute atomic E-state index is 0.0351. The molecule has 0 radical (unpaired) electrons. The number of nitrogens with one attached hydrogen (secondary N) is 2. The molecular weight excluding hydrogens is 306 g/mol. The topological polar surface area (TPSA) is 44.4 Å². The molecule has 0 aliphatic carbocycles. The number of carbonyl (C=O) groups excluding carboxylic acids is 1. The van der Waals surface area contributed by atoms with E-state index in [0.717, 1.165) is 36.1 Å². The lowest BCUT2D eigenvalue weighted by Gasteiger charge is -2.31. The first-order chi connectivity index (χ1) is 9.16. The molecule has 0 unspecified atom stereocenters. The molecule has 5 heteroatoms. The van der Waals surface area contributed by atoms with Crippen LogP contribution in [0.1, 0.15) is 12.8 Å². The molecule has 1 aromatic carbocycles. The van der Waals surface area contributed by atoms with E-state index in [1.165, 1.54) is 0 Å². The molecule has 1 aliphatic heterocycles. The van der Waals surface area contributed by atoms with Crippen molar-refractivity contribution in [3.63, 3.8) is 0 Å². The van der Waals surface area contributed by atoms with Crippen LogP contribution in [0.15, 0.2) is 28.7 Å².